The lowest BCUT2D eigenvalue weighted by atomic mass is 10.1. The van der Waals surface area contributed by atoms with Crippen molar-refractivity contribution in [3.63, 3.8) is 0 Å². The summed E-state index contributed by atoms with van der Waals surface area (Å²) in [6.07, 6.45) is -3.07. The molecular weight excluding hydrogens is 313 g/mol. The minimum absolute atomic E-state index is 0.257. The number of nitrogens with zero attached hydrogens (tertiary/aromatic N) is 2. The quantitative estimate of drug-likeness (QED) is 0.924. The van der Waals surface area contributed by atoms with Gasteiger partial charge in [0.25, 0.3) is 0 Å². The third kappa shape index (κ3) is 3.08. The van der Waals surface area contributed by atoms with E-state index in [1.165, 1.54) is 22.4 Å². The van der Waals surface area contributed by atoms with Crippen LogP contribution in [0, 0.1) is 11.3 Å². The highest BCUT2D eigenvalue weighted by molar-refractivity contribution is 7.99. The lowest BCUT2D eigenvalue weighted by Crippen LogP contribution is -2.32. The maximum absolute atomic E-state index is 13.1. The van der Waals surface area contributed by atoms with Crippen molar-refractivity contribution in [2.75, 3.05) is 11.5 Å². The van der Waals surface area contributed by atoms with Gasteiger partial charge in [-0.15, -0.1) is 0 Å². The number of hydrogen-bond acceptors (Lipinski definition) is 3. The van der Waals surface area contributed by atoms with Gasteiger partial charge in [-0.3, -0.25) is 0 Å². The third-order valence-electron chi connectivity index (χ3n) is 3.35. The Morgan fingerprint density at radius 3 is 2.59 bits per heavy atom. The van der Waals surface area contributed by atoms with E-state index in [-0.39, 0.29) is 5.52 Å². The molecule has 0 saturated carbocycles. The van der Waals surface area contributed by atoms with Gasteiger partial charge in [-0.1, -0.05) is 6.92 Å². The van der Waals surface area contributed by atoms with Crippen LogP contribution in [0.1, 0.15) is 25.0 Å². The Morgan fingerprint density at radius 2 is 2.05 bits per heavy atom. The predicted molar refractivity (Wildman–Crippen MR) is 80.5 cm³/mol. The molecule has 0 spiro atoms. The first-order chi connectivity index (χ1) is 10.2. The van der Waals surface area contributed by atoms with Crippen molar-refractivity contribution >= 4 is 22.7 Å². The first kappa shape index (κ1) is 16.7. The second kappa shape index (κ2) is 5.86. The molecule has 1 aromatic carbocycles. The normalized spacial score (nSPS) is 14.8. The van der Waals surface area contributed by atoms with Gasteiger partial charge in [-0.25, -0.2) is 0 Å². The second-order valence-corrected chi connectivity index (χ2v) is 6.38. The van der Waals surface area contributed by atoms with Crippen molar-refractivity contribution in [3.8, 4) is 6.07 Å². The fourth-order valence-corrected chi connectivity index (χ4v) is 3.02. The van der Waals surface area contributed by atoms with Crippen molar-refractivity contribution in [1.29, 1.82) is 5.26 Å². The van der Waals surface area contributed by atoms with E-state index in [0.717, 1.165) is 11.8 Å². The molecule has 7 heteroatoms. The summed E-state index contributed by atoms with van der Waals surface area (Å²) >= 11 is 1.49. The van der Waals surface area contributed by atoms with Gasteiger partial charge in [0.05, 0.1) is 22.7 Å². The van der Waals surface area contributed by atoms with E-state index in [4.69, 9.17) is 5.26 Å². The molecule has 1 heterocycles. The van der Waals surface area contributed by atoms with Crippen LogP contribution in [-0.2, 0) is 11.9 Å². The van der Waals surface area contributed by atoms with Gasteiger partial charge in [-0.2, -0.15) is 30.2 Å². The zero-order valence-corrected chi connectivity index (χ0v) is 12.9. The number of rotatable bonds is 4. The van der Waals surface area contributed by atoms with Crippen LogP contribution in [-0.4, -0.2) is 21.2 Å². The van der Waals surface area contributed by atoms with Crippen molar-refractivity contribution in [3.05, 3.63) is 35.5 Å². The minimum Gasteiger partial charge on any atom is -0.370 e. The van der Waals surface area contributed by atoms with Gasteiger partial charge >= 0.3 is 6.18 Å². The number of fused-ring (bicyclic) bond motifs is 1. The molecule has 0 aliphatic carbocycles. The van der Waals surface area contributed by atoms with Gasteiger partial charge in [-0.05, 0) is 30.9 Å². The molecule has 1 aromatic heterocycles. The molecule has 0 aliphatic rings. The highest BCUT2D eigenvalue weighted by atomic mass is 32.2. The highest BCUT2D eigenvalue weighted by Crippen LogP contribution is 2.36. The van der Waals surface area contributed by atoms with E-state index in [2.05, 4.69) is 0 Å². The van der Waals surface area contributed by atoms with Crippen LogP contribution >= 0.6 is 11.8 Å². The molecule has 0 bridgehead atoms. The molecule has 0 radical (unpaired) electrons. The van der Waals surface area contributed by atoms with Gasteiger partial charge in [0.2, 0.25) is 0 Å². The molecule has 2 rings (SSSR count). The summed E-state index contributed by atoms with van der Waals surface area (Å²) in [4.78, 5) is 0. The Bertz CT molecular complexity index is 729. The van der Waals surface area contributed by atoms with Crippen LogP contribution in [0.5, 0.6) is 0 Å². The Balaban J connectivity index is 2.63. The van der Waals surface area contributed by atoms with Crippen LogP contribution in [0.3, 0.4) is 0 Å². The minimum atomic E-state index is -4.61. The number of hydrogen-bond donors (Lipinski definition) is 1. The third-order valence-corrected chi connectivity index (χ3v) is 4.51. The number of aromatic nitrogens is 1. The summed E-state index contributed by atoms with van der Waals surface area (Å²) in [6, 6.07) is 5.31. The lowest BCUT2D eigenvalue weighted by Gasteiger charge is -2.26. The predicted octanol–water partition coefficient (Wildman–Crippen LogP) is 3.95. The van der Waals surface area contributed by atoms with E-state index < -0.39 is 23.0 Å². The summed E-state index contributed by atoms with van der Waals surface area (Å²) in [5.41, 5.74) is -2.45. The molecule has 2 aromatic rings. The van der Waals surface area contributed by atoms with Crippen LogP contribution in [0.2, 0.25) is 0 Å². The summed E-state index contributed by atoms with van der Waals surface area (Å²) in [6.45, 7) is 3.50. The van der Waals surface area contributed by atoms with E-state index in [1.54, 1.807) is 25.3 Å². The lowest BCUT2D eigenvalue weighted by molar-refractivity contribution is -0.137. The van der Waals surface area contributed by atoms with E-state index in [1.807, 2.05) is 6.92 Å². The molecule has 3 nitrogen and oxygen atoms in total. The molecule has 0 saturated heterocycles. The largest absolute Gasteiger partial charge is 0.417 e. The number of nitriles is 1. The van der Waals surface area contributed by atoms with Gasteiger partial charge in [0, 0.05) is 17.3 Å². The molecule has 1 unspecified atom stereocenters. The maximum Gasteiger partial charge on any atom is 0.417 e. The molecular formula is C15H15F3N2OS. The number of halogens is 3. The van der Waals surface area contributed by atoms with E-state index in [0.29, 0.717) is 11.1 Å². The van der Waals surface area contributed by atoms with Crippen LogP contribution < -0.4 is 0 Å². The summed E-state index contributed by atoms with van der Waals surface area (Å²) < 4.78 is 40.6. The smallest absolute Gasteiger partial charge is 0.370 e. The Hall–Kier alpha value is -1.65. The van der Waals surface area contributed by atoms with Gasteiger partial charge in [0.15, 0.2) is 0 Å². The first-order valence-electron chi connectivity index (χ1n) is 6.63. The second-order valence-electron chi connectivity index (χ2n) is 5.11. The zero-order valence-electron chi connectivity index (χ0n) is 12.1. The Labute approximate surface area is 130 Å². The zero-order chi connectivity index (χ0) is 16.5. The molecule has 1 atom stereocenters. The topological polar surface area (TPSA) is 49.0 Å². The van der Waals surface area contributed by atoms with Gasteiger partial charge in [0.1, 0.15) is 5.72 Å². The fraction of sp³-hybridized carbons (Fsp3) is 0.400. The average Bonchev–Trinajstić information content (AvgIpc) is 2.86. The summed E-state index contributed by atoms with van der Waals surface area (Å²) in [7, 11) is 0. The molecule has 0 amide bonds. The number of thioether (sulfide) groups is 1. The van der Waals surface area contributed by atoms with Gasteiger partial charge < -0.3 is 9.67 Å². The van der Waals surface area contributed by atoms with Crippen LogP contribution in [0.4, 0.5) is 13.2 Å². The maximum atomic E-state index is 13.1. The Kier molecular flexibility index (Phi) is 4.45. The van der Waals surface area contributed by atoms with Crippen molar-refractivity contribution in [2.45, 2.75) is 25.7 Å². The molecule has 0 aliphatic heterocycles. The molecule has 0 fully saturated rings. The standard InChI is InChI=1S/C15H15F3N2OS/c1-3-22-9-14(2,21)20-5-4-10-6-11(8-19)12(7-13(10)20)15(16,17)18/h4-7,21H,3,9H2,1-2H3. The SMILES string of the molecule is CCSCC(C)(O)n1ccc2cc(C#N)c(C(F)(F)F)cc21. The van der Waals surface area contributed by atoms with Crippen molar-refractivity contribution < 1.29 is 18.3 Å². The summed E-state index contributed by atoms with van der Waals surface area (Å²) in [5, 5.41) is 19.9. The fourth-order valence-electron chi connectivity index (χ4n) is 2.29. The molecule has 1 N–H and O–H groups in total. The monoisotopic (exact) mass is 328 g/mol. The number of benzene rings is 1. The number of alkyl halides is 3. The molecule has 22 heavy (non-hydrogen) atoms. The van der Waals surface area contributed by atoms with E-state index in [9.17, 15) is 18.3 Å². The van der Waals surface area contributed by atoms with Crippen molar-refractivity contribution in [2.24, 2.45) is 0 Å². The van der Waals surface area contributed by atoms with Crippen LogP contribution in [0.15, 0.2) is 24.4 Å². The average molecular weight is 328 g/mol. The highest BCUT2D eigenvalue weighted by Gasteiger charge is 2.35. The number of aliphatic hydroxyl groups is 1. The van der Waals surface area contributed by atoms with Crippen molar-refractivity contribution in [1.82, 2.24) is 4.57 Å². The summed E-state index contributed by atoms with van der Waals surface area (Å²) in [5.74, 6) is 1.15. The first-order valence-corrected chi connectivity index (χ1v) is 7.79. The van der Waals surface area contributed by atoms with Crippen LogP contribution in [0.25, 0.3) is 10.9 Å². The van der Waals surface area contributed by atoms with E-state index >= 15 is 0 Å². The Morgan fingerprint density at radius 1 is 1.36 bits per heavy atom. The molecule has 118 valence electrons.